The molecule has 2 N–H and O–H groups in total. The molecule has 2 rings (SSSR count). The summed E-state index contributed by atoms with van der Waals surface area (Å²) < 4.78 is 21.1. The maximum atomic E-state index is 12.9. The van der Waals surface area contributed by atoms with Crippen molar-refractivity contribution in [2.75, 3.05) is 28.4 Å². The van der Waals surface area contributed by atoms with Gasteiger partial charge in [-0.2, -0.15) is 0 Å². The van der Waals surface area contributed by atoms with Crippen molar-refractivity contribution in [2.45, 2.75) is 6.10 Å². The number of rotatable bonds is 7. The third-order valence-electron chi connectivity index (χ3n) is 3.95. The van der Waals surface area contributed by atoms with E-state index in [0.29, 0.717) is 11.3 Å². The normalized spacial score (nSPS) is 11.0. The number of amides is 3. The molecule has 9 nitrogen and oxygen atoms in total. The average Bonchev–Trinajstić information content (AvgIpc) is 2.76. The fourth-order valence-corrected chi connectivity index (χ4v) is 2.50. The van der Waals surface area contributed by atoms with E-state index in [1.165, 1.54) is 40.5 Å². The van der Waals surface area contributed by atoms with E-state index in [9.17, 15) is 14.4 Å². The highest BCUT2D eigenvalue weighted by atomic mass is 16.6. The van der Waals surface area contributed by atoms with Crippen LogP contribution in [-0.2, 0) is 9.53 Å². The molecule has 2 aromatic rings. The lowest BCUT2D eigenvalue weighted by atomic mass is 10.1. The summed E-state index contributed by atoms with van der Waals surface area (Å²) in [5.41, 5.74) is 0.417. The lowest BCUT2D eigenvalue weighted by molar-refractivity contribution is -0.129. The van der Waals surface area contributed by atoms with Crippen LogP contribution in [0.4, 0.5) is 4.79 Å². The molecule has 3 amide bonds. The van der Waals surface area contributed by atoms with Gasteiger partial charge in [0.25, 0.3) is 5.91 Å². The van der Waals surface area contributed by atoms with E-state index in [2.05, 4.69) is 10.6 Å². The Morgan fingerprint density at radius 3 is 2.00 bits per heavy atom. The van der Waals surface area contributed by atoms with Crippen molar-refractivity contribution in [3.63, 3.8) is 0 Å². The van der Waals surface area contributed by atoms with Crippen LogP contribution in [0.25, 0.3) is 0 Å². The Hall–Kier alpha value is -3.75. The van der Waals surface area contributed by atoms with E-state index in [0.717, 1.165) is 0 Å². The zero-order valence-corrected chi connectivity index (χ0v) is 16.5. The topological polar surface area (TPSA) is 112 Å². The molecule has 2 aromatic carbocycles. The number of benzene rings is 2. The minimum Gasteiger partial charge on any atom is -0.496 e. The minimum absolute atomic E-state index is 0.0267. The summed E-state index contributed by atoms with van der Waals surface area (Å²) in [6.07, 6.45) is -1.36. The summed E-state index contributed by atoms with van der Waals surface area (Å²) in [5, 5.41) is 4.38. The lowest BCUT2D eigenvalue weighted by Crippen LogP contribution is -2.41. The quantitative estimate of drug-likeness (QED) is 0.682. The van der Waals surface area contributed by atoms with Crippen LogP contribution in [0, 0.1) is 0 Å². The van der Waals surface area contributed by atoms with E-state index >= 15 is 0 Å². The van der Waals surface area contributed by atoms with Crippen molar-refractivity contribution < 1.29 is 33.3 Å². The van der Waals surface area contributed by atoms with Crippen molar-refractivity contribution in [3.05, 3.63) is 53.6 Å². The van der Waals surface area contributed by atoms with Gasteiger partial charge in [0.1, 0.15) is 11.3 Å². The molecular formula is C20H22N2O7. The van der Waals surface area contributed by atoms with Gasteiger partial charge in [-0.25, -0.2) is 9.59 Å². The molecule has 0 fully saturated rings. The Bertz CT molecular complexity index is 884. The first-order valence-electron chi connectivity index (χ1n) is 8.53. The molecule has 0 saturated carbocycles. The van der Waals surface area contributed by atoms with Gasteiger partial charge in [0.2, 0.25) is 6.10 Å². The average molecular weight is 402 g/mol. The number of ether oxygens (including phenoxy) is 4. The molecule has 0 bridgehead atoms. The third kappa shape index (κ3) is 5.16. The molecule has 1 atom stereocenters. The highest BCUT2D eigenvalue weighted by Crippen LogP contribution is 2.35. The van der Waals surface area contributed by atoms with E-state index in [-0.39, 0.29) is 17.1 Å². The van der Waals surface area contributed by atoms with Crippen molar-refractivity contribution in [1.82, 2.24) is 10.6 Å². The second-order valence-electron chi connectivity index (χ2n) is 5.67. The van der Waals surface area contributed by atoms with Crippen molar-refractivity contribution in [2.24, 2.45) is 0 Å². The number of urea groups is 1. The van der Waals surface area contributed by atoms with Crippen LogP contribution in [0.15, 0.2) is 42.5 Å². The Morgan fingerprint density at radius 2 is 1.45 bits per heavy atom. The van der Waals surface area contributed by atoms with E-state index in [4.69, 9.17) is 18.9 Å². The molecule has 0 aliphatic rings. The maximum absolute atomic E-state index is 12.9. The molecule has 0 unspecified atom stereocenters. The summed E-state index contributed by atoms with van der Waals surface area (Å²) in [7, 11) is 5.61. The van der Waals surface area contributed by atoms with Gasteiger partial charge in [0, 0.05) is 24.7 Å². The summed E-state index contributed by atoms with van der Waals surface area (Å²) >= 11 is 0. The van der Waals surface area contributed by atoms with Gasteiger partial charge in [0.15, 0.2) is 11.5 Å². The molecule has 0 spiro atoms. The molecule has 0 aromatic heterocycles. The van der Waals surface area contributed by atoms with Gasteiger partial charge in [-0.3, -0.25) is 10.1 Å². The minimum atomic E-state index is -1.36. The Balaban J connectivity index is 2.39. The largest absolute Gasteiger partial charge is 0.496 e. The zero-order chi connectivity index (χ0) is 21.4. The van der Waals surface area contributed by atoms with Crippen LogP contribution in [0.2, 0.25) is 0 Å². The standard InChI is InChI=1S/C20H22N2O7/c1-21-20(25)22-18(23)17(12-8-6-5-7-9-12)29-19(24)13-10-15(27-3)16(28-4)11-14(13)26-2/h5-11,17H,1-4H3,(H2,21,22,23,25)/t17-/m1/s1. The van der Waals surface area contributed by atoms with Gasteiger partial charge in [0.05, 0.1) is 21.3 Å². The second kappa shape index (κ2) is 9.98. The van der Waals surface area contributed by atoms with Crippen molar-refractivity contribution >= 4 is 17.9 Å². The zero-order valence-electron chi connectivity index (χ0n) is 16.5. The molecular weight excluding hydrogens is 380 g/mol. The van der Waals surface area contributed by atoms with E-state index in [1.54, 1.807) is 30.3 Å². The van der Waals surface area contributed by atoms with Crippen molar-refractivity contribution in [1.29, 1.82) is 0 Å². The Kier molecular flexibility index (Phi) is 7.41. The first-order valence-corrected chi connectivity index (χ1v) is 8.53. The lowest BCUT2D eigenvalue weighted by Gasteiger charge is -2.19. The van der Waals surface area contributed by atoms with Crippen LogP contribution in [0.3, 0.4) is 0 Å². The molecule has 0 heterocycles. The molecule has 0 aliphatic heterocycles. The molecule has 0 radical (unpaired) electrons. The summed E-state index contributed by atoms with van der Waals surface area (Å²) in [6, 6.07) is 10.4. The summed E-state index contributed by atoms with van der Waals surface area (Å²) in [6.45, 7) is 0. The molecule has 0 saturated heterocycles. The molecule has 0 aliphatic carbocycles. The first kappa shape index (κ1) is 21.5. The highest BCUT2D eigenvalue weighted by Gasteiger charge is 2.29. The fraction of sp³-hybridized carbons (Fsp3) is 0.250. The monoisotopic (exact) mass is 402 g/mol. The van der Waals surface area contributed by atoms with Crippen LogP contribution >= 0.6 is 0 Å². The van der Waals surface area contributed by atoms with Gasteiger partial charge in [-0.1, -0.05) is 30.3 Å². The predicted molar refractivity (Wildman–Crippen MR) is 103 cm³/mol. The molecule has 9 heteroatoms. The van der Waals surface area contributed by atoms with E-state index in [1.807, 2.05) is 0 Å². The van der Waals surface area contributed by atoms with Crippen LogP contribution in [0.1, 0.15) is 22.0 Å². The van der Waals surface area contributed by atoms with Gasteiger partial charge < -0.3 is 24.3 Å². The number of esters is 1. The number of carbonyl (C=O) groups is 3. The Morgan fingerprint density at radius 1 is 0.862 bits per heavy atom. The number of methoxy groups -OCH3 is 3. The Labute approximate surface area is 167 Å². The smallest absolute Gasteiger partial charge is 0.343 e. The number of hydrogen-bond acceptors (Lipinski definition) is 7. The van der Waals surface area contributed by atoms with Gasteiger partial charge >= 0.3 is 12.0 Å². The second-order valence-corrected chi connectivity index (χ2v) is 5.67. The van der Waals surface area contributed by atoms with Crippen LogP contribution < -0.4 is 24.8 Å². The van der Waals surface area contributed by atoms with E-state index < -0.39 is 24.0 Å². The molecule has 154 valence electrons. The summed E-state index contributed by atoms with van der Waals surface area (Å²) in [4.78, 5) is 36.9. The number of nitrogens with one attached hydrogen (secondary N) is 2. The highest BCUT2D eigenvalue weighted by molar-refractivity contribution is 6.00. The van der Waals surface area contributed by atoms with Gasteiger partial charge in [-0.15, -0.1) is 0 Å². The number of imide groups is 1. The van der Waals surface area contributed by atoms with Gasteiger partial charge in [-0.05, 0) is 0 Å². The first-order chi connectivity index (χ1) is 13.9. The summed E-state index contributed by atoms with van der Waals surface area (Å²) in [5.74, 6) is -0.831. The van der Waals surface area contributed by atoms with Crippen molar-refractivity contribution in [3.8, 4) is 17.2 Å². The van der Waals surface area contributed by atoms with Crippen LogP contribution in [-0.4, -0.2) is 46.3 Å². The fourth-order valence-electron chi connectivity index (χ4n) is 2.50. The maximum Gasteiger partial charge on any atom is 0.343 e. The number of hydrogen-bond donors (Lipinski definition) is 2. The predicted octanol–water partition coefficient (Wildman–Crippen LogP) is 2.07. The third-order valence-corrected chi connectivity index (χ3v) is 3.95. The number of carbonyl (C=O) groups excluding carboxylic acids is 3. The SMILES string of the molecule is CNC(=O)NC(=O)[C@H](OC(=O)c1cc(OC)c(OC)cc1OC)c1ccccc1. The molecule has 29 heavy (non-hydrogen) atoms. The van der Waals surface area contributed by atoms with Crippen LogP contribution in [0.5, 0.6) is 17.2 Å².